The topological polar surface area (TPSA) is 87.5 Å². The third-order valence-electron chi connectivity index (χ3n) is 4.03. The summed E-state index contributed by atoms with van der Waals surface area (Å²) in [5.74, 6) is -0.244. The predicted octanol–water partition coefficient (Wildman–Crippen LogP) is 1.17. The quantitative estimate of drug-likeness (QED) is 0.594. The van der Waals surface area contributed by atoms with Gasteiger partial charge in [-0.25, -0.2) is 0 Å². The zero-order valence-corrected chi connectivity index (χ0v) is 11.2. The molecular weight excluding hydrogens is 260 g/mol. The van der Waals surface area contributed by atoms with E-state index in [1.165, 1.54) is 12.1 Å². The molecule has 2 aliphatic rings. The summed E-state index contributed by atoms with van der Waals surface area (Å²) in [7, 11) is 2.05. The lowest BCUT2D eigenvalue weighted by Gasteiger charge is -2.45. The molecule has 20 heavy (non-hydrogen) atoms. The molecule has 1 spiro atoms. The summed E-state index contributed by atoms with van der Waals surface area (Å²) >= 11 is 0. The second kappa shape index (κ2) is 4.45. The van der Waals surface area contributed by atoms with Crippen molar-refractivity contribution in [2.75, 3.05) is 25.5 Å². The van der Waals surface area contributed by atoms with Gasteiger partial charge in [-0.05, 0) is 13.1 Å². The zero-order chi connectivity index (χ0) is 14.3. The molecule has 1 aromatic carbocycles. The van der Waals surface area contributed by atoms with E-state index in [1.54, 1.807) is 6.07 Å². The highest BCUT2D eigenvalue weighted by atomic mass is 16.6. The molecule has 0 aliphatic carbocycles. The summed E-state index contributed by atoms with van der Waals surface area (Å²) in [5, 5.41) is 17.1. The number of hydrogen-bond donors (Lipinski definition) is 2. The minimum atomic E-state index is -0.493. The highest BCUT2D eigenvalue weighted by molar-refractivity contribution is 6.02. The van der Waals surface area contributed by atoms with Gasteiger partial charge >= 0.3 is 0 Å². The molecule has 1 amide bonds. The van der Waals surface area contributed by atoms with Crippen LogP contribution in [0.2, 0.25) is 0 Å². The number of likely N-dealkylation sites (tertiary alicyclic amines) is 1. The number of nitro groups is 1. The predicted molar refractivity (Wildman–Crippen MR) is 73.6 cm³/mol. The smallest absolute Gasteiger partial charge is 0.270 e. The second-order valence-corrected chi connectivity index (χ2v) is 5.45. The molecule has 106 valence electrons. The number of carbonyl (C=O) groups is 1. The Bertz CT molecular complexity index is 579. The minimum absolute atomic E-state index is 0.0694. The van der Waals surface area contributed by atoms with Crippen molar-refractivity contribution in [2.45, 2.75) is 18.5 Å². The van der Waals surface area contributed by atoms with Crippen molar-refractivity contribution in [3.8, 4) is 0 Å². The van der Waals surface area contributed by atoms with Gasteiger partial charge < -0.3 is 15.5 Å². The molecule has 0 bridgehead atoms. The highest BCUT2D eigenvalue weighted by Crippen LogP contribution is 2.32. The van der Waals surface area contributed by atoms with Crippen molar-refractivity contribution < 1.29 is 9.72 Å². The minimum Gasteiger partial charge on any atom is -0.362 e. The fourth-order valence-electron chi connectivity index (χ4n) is 2.77. The number of hydrogen-bond acceptors (Lipinski definition) is 5. The van der Waals surface area contributed by atoms with Crippen LogP contribution in [-0.4, -0.2) is 41.5 Å². The average molecular weight is 276 g/mol. The van der Waals surface area contributed by atoms with Crippen molar-refractivity contribution in [1.29, 1.82) is 0 Å². The first-order chi connectivity index (χ1) is 9.49. The molecule has 1 aromatic rings. The second-order valence-electron chi connectivity index (χ2n) is 5.45. The maximum absolute atomic E-state index is 12.2. The first kappa shape index (κ1) is 12.9. The van der Waals surface area contributed by atoms with Gasteiger partial charge in [0.25, 0.3) is 11.6 Å². The molecule has 1 fully saturated rings. The van der Waals surface area contributed by atoms with E-state index in [1.807, 2.05) is 0 Å². The van der Waals surface area contributed by atoms with Crippen molar-refractivity contribution in [3.63, 3.8) is 0 Å². The number of non-ortho nitro benzene ring substituents is 1. The van der Waals surface area contributed by atoms with Crippen LogP contribution in [0.15, 0.2) is 18.2 Å². The number of amides is 1. The van der Waals surface area contributed by atoms with Crippen molar-refractivity contribution >= 4 is 17.3 Å². The third-order valence-corrected chi connectivity index (χ3v) is 4.03. The molecule has 0 radical (unpaired) electrons. The maximum Gasteiger partial charge on any atom is 0.270 e. The molecule has 0 unspecified atom stereocenters. The van der Waals surface area contributed by atoms with Gasteiger partial charge in [0.2, 0.25) is 0 Å². The van der Waals surface area contributed by atoms with E-state index in [0.717, 1.165) is 25.9 Å². The lowest BCUT2D eigenvalue weighted by atomic mass is 9.92. The van der Waals surface area contributed by atoms with Crippen LogP contribution >= 0.6 is 0 Å². The number of anilines is 1. The van der Waals surface area contributed by atoms with Gasteiger partial charge in [0.15, 0.2) is 0 Å². The van der Waals surface area contributed by atoms with Crippen LogP contribution < -0.4 is 10.6 Å². The molecule has 2 N–H and O–H groups in total. The summed E-state index contributed by atoms with van der Waals surface area (Å²) in [6, 6.07) is 4.36. The van der Waals surface area contributed by atoms with Crippen molar-refractivity contribution in [3.05, 3.63) is 33.9 Å². The number of benzene rings is 1. The SMILES string of the molecule is CN1CCC2(CC1)NC(=O)c1cc([N+](=O)[O-])ccc1N2. The van der Waals surface area contributed by atoms with Gasteiger partial charge in [0.1, 0.15) is 5.66 Å². The van der Waals surface area contributed by atoms with Crippen LogP contribution in [0.25, 0.3) is 0 Å². The van der Waals surface area contributed by atoms with E-state index in [9.17, 15) is 14.9 Å². The van der Waals surface area contributed by atoms with Gasteiger partial charge in [-0.15, -0.1) is 0 Å². The molecular formula is C13H16N4O3. The van der Waals surface area contributed by atoms with Gasteiger partial charge in [0, 0.05) is 43.8 Å². The van der Waals surface area contributed by atoms with E-state index < -0.39 is 10.6 Å². The molecule has 7 heteroatoms. The number of fused-ring (bicyclic) bond motifs is 1. The largest absolute Gasteiger partial charge is 0.362 e. The lowest BCUT2D eigenvalue weighted by Crippen LogP contribution is -2.61. The lowest BCUT2D eigenvalue weighted by molar-refractivity contribution is -0.384. The van der Waals surface area contributed by atoms with E-state index in [2.05, 4.69) is 22.6 Å². The van der Waals surface area contributed by atoms with Gasteiger partial charge in [-0.1, -0.05) is 0 Å². The Kier molecular flexibility index (Phi) is 2.86. The summed E-state index contributed by atoms with van der Waals surface area (Å²) in [4.78, 5) is 24.7. The summed E-state index contributed by atoms with van der Waals surface area (Å²) in [6.45, 7) is 1.80. The molecule has 2 aliphatic heterocycles. The zero-order valence-electron chi connectivity index (χ0n) is 11.2. The van der Waals surface area contributed by atoms with Crippen LogP contribution in [0.4, 0.5) is 11.4 Å². The fraction of sp³-hybridized carbons (Fsp3) is 0.462. The van der Waals surface area contributed by atoms with Crippen LogP contribution in [0, 0.1) is 10.1 Å². The molecule has 0 aromatic heterocycles. The van der Waals surface area contributed by atoms with E-state index in [-0.39, 0.29) is 11.6 Å². The average Bonchev–Trinajstić information content (AvgIpc) is 2.42. The Morgan fingerprint density at radius 2 is 2.00 bits per heavy atom. The van der Waals surface area contributed by atoms with E-state index in [0.29, 0.717) is 11.3 Å². The Labute approximate surface area is 116 Å². The monoisotopic (exact) mass is 276 g/mol. The Hall–Kier alpha value is -2.15. The van der Waals surface area contributed by atoms with Crippen LogP contribution in [0.1, 0.15) is 23.2 Å². The standard InChI is InChI=1S/C13H16N4O3/c1-16-6-4-13(5-7-16)14-11-3-2-9(17(19)20)8-10(11)12(18)15-13/h2-3,8,14H,4-7H2,1H3,(H,15,18). The Balaban J connectivity index is 1.92. The van der Waals surface area contributed by atoms with E-state index >= 15 is 0 Å². The Morgan fingerprint density at radius 3 is 2.65 bits per heavy atom. The van der Waals surface area contributed by atoms with E-state index in [4.69, 9.17) is 0 Å². The summed E-state index contributed by atoms with van der Waals surface area (Å²) in [6.07, 6.45) is 1.62. The maximum atomic E-state index is 12.2. The van der Waals surface area contributed by atoms with Crippen molar-refractivity contribution in [2.24, 2.45) is 0 Å². The molecule has 2 heterocycles. The normalized spacial score (nSPS) is 20.9. The number of nitrogens with zero attached hydrogens (tertiary/aromatic N) is 2. The Morgan fingerprint density at radius 1 is 1.30 bits per heavy atom. The van der Waals surface area contributed by atoms with Gasteiger partial charge in [-0.3, -0.25) is 14.9 Å². The number of carbonyl (C=O) groups excluding carboxylic acids is 1. The molecule has 1 saturated heterocycles. The molecule has 0 saturated carbocycles. The number of nitro benzene ring substituents is 1. The summed E-state index contributed by atoms with van der Waals surface area (Å²) in [5.41, 5.74) is 0.514. The van der Waals surface area contributed by atoms with Gasteiger partial charge in [0.05, 0.1) is 10.5 Å². The van der Waals surface area contributed by atoms with Crippen LogP contribution in [0.5, 0.6) is 0 Å². The molecule has 3 rings (SSSR count). The summed E-state index contributed by atoms with van der Waals surface area (Å²) < 4.78 is 0. The number of nitrogens with one attached hydrogen (secondary N) is 2. The number of rotatable bonds is 1. The van der Waals surface area contributed by atoms with Crippen LogP contribution in [-0.2, 0) is 0 Å². The highest BCUT2D eigenvalue weighted by Gasteiger charge is 2.39. The fourth-order valence-corrected chi connectivity index (χ4v) is 2.77. The molecule has 7 nitrogen and oxygen atoms in total. The van der Waals surface area contributed by atoms with Crippen molar-refractivity contribution in [1.82, 2.24) is 10.2 Å². The molecule has 0 atom stereocenters. The third kappa shape index (κ3) is 2.09. The first-order valence-electron chi connectivity index (χ1n) is 6.57. The first-order valence-corrected chi connectivity index (χ1v) is 6.57. The van der Waals surface area contributed by atoms with Crippen LogP contribution in [0.3, 0.4) is 0 Å². The number of piperidine rings is 1. The van der Waals surface area contributed by atoms with Gasteiger partial charge in [-0.2, -0.15) is 0 Å².